The van der Waals surface area contributed by atoms with Crippen molar-refractivity contribution in [3.05, 3.63) is 63.5 Å². The lowest BCUT2D eigenvalue weighted by molar-refractivity contribution is -0.387. The molecule has 0 unspecified atom stereocenters. The van der Waals surface area contributed by atoms with Crippen LogP contribution in [0.1, 0.15) is 11.1 Å². The largest absolute Gasteiger partial charge is 0.381 e. The minimum atomic E-state index is -3.80. The van der Waals surface area contributed by atoms with Gasteiger partial charge in [0.05, 0.1) is 16.6 Å². The van der Waals surface area contributed by atoms with Gasteiger partial charge in [-0.2, -0.15) is 5.26 Å². The Morgan fingerprint density at radius 1 is 1.29 bits per heavy atom. The fraction of sp³-hybridized carbons (Fsp3) is 0.133. The van der Waals surface area contributed by atoms with Crippen LogP contribution in [0.15, 0.2) is 41.3 Å². The molecule has 0 bridgehead atoms. The average molecular weight is 349 g/mol. The van der Waals surface area contributed by atoms with Crippen molar-refractivity contribution in [3.63, 3.8) is 0 Å². The highest BCUT2D eigenvalue weighted by Gasteiger charge is 2.22. The van der Waals surface area contributed by atoms with Crippen molar-refractivity contribution in [2.24, 2.45) is 0 Å². The third-order valence-corrected chi connectivity index (χ3v) is 4.34. The zero-order valence-corrected chi connectivity index (χ0v) is 13.3. The van der Waals surface area contributed by atoms with Gasteiger partial charge in [0.1, 0.15) is 10.7 Å². The Bertz CT molecular complexity index is 952. The van der Waals surface area contributed by atoms with Crippen LogP contribution in [0.3, 0.4) is 0 Å². The van der Waals surface area contributed by atoms with Gasteiger partial charge in [-0.1, -0.05) is 0 Å². The molecule has 0 aromatic heterocycles. The molecule has 0 spiro atoms. The summed E-state index contributed by atoms with van der Waals surface area (Å²) in [6.45, 7) is -0.0115. The van der Waals surface area contributed by atoms with Crippen LogP contribution in [0.25, 0.3) is 0 Å². The predicted molar refractivity (Wildman–Crippen MR) is 84.6 cm³/mol. The van der Waals surface area contributed by atoms with Crippen molar-refractivity contribution in [2.75, 3.05) is 11.6 Å². The van der Waals surface area contributed by atoms with Gasteiger partial charge < -0.3 is 5.32 Å². The molecule has 124 valence electrons. The zero-order chi connectivity index (χ0) is 17.9. The highest BCUT2D eigenvalue weighted by atomic mass is 32.2. The smallest absolute Gasteiger partial charge is 0.288 e. The first-order valence-electron chi connectivity index (χ1n) is 6.63. The van der Waals surface area contributed by atoms with Crippen LogP contribution in [0.4, 0.5) is 15.8 Å². The first-order valence-corrected chi connectivity index (χ1v) is 8.52. The van der Waals surface area contributed by atoms with Crippen LogP contribution in [0.2, 0.25) is 0 Å². The second-order valence-corrected chi connectivity index (χ2v) is 6.97. The van der Waals surface area contributed by atoms with Crippen LogP contribution in [-0.4, -0.2) is 19.6 Å². The Balaban J connectivity index is 2.32. The molecule has 0 fully saturated rings. The van der Waals surface area contributed by atoms with E-state index in [1.165, 1.54) is 18.2 Å². The Morgan fingerprint density at radius 3 is 2.58 bits per heavy atom. The number of halogens is 1. The molecule has 2 aromatic carbocycles. The number of rotatable bonds is 5. The van der Waals surface area contributed by atoms with Crippen LogP contribution in [0, 0.1) is 27.3 Å². The molecule has 2 aromatic rings. The Hall–Kier alpha value is -2.99. The molecule has 0 radical (unpaired) electrons. The van der Waals surface area contributed by atoms with Gasteiger partial charge in [0.2, 0.25) is 0 Å². The number of benzene rings is 2. The highest BCUT2D eigenvalue weighted by Crippen LogP contribution is 2.27. The quantitative estimate of drug-likeness (QED) is 0.656. The summed E-state index contributed by atoms with van der Waals surface area (Å²) in [5.41, 5.74) is 0.255. The monoisotopic (exact) mass is 349 g/mol. The predicted octanol–water partition coefficient (Wildman–Crippen LogP) is 2.62. The number of nitro groups is 1. The molecule has 0 aliphatic heterocycles. The van der Waals surface area contributed by atoms with E-state index in [4.69, 9.17) is 5.26 Å². The number of anilines is 1. The van der Waals surface area contributed by atoms with E-state index in [1.54, 1.807) is 0 Å². The van der Waals surface area contributed by atoms with Gasteiger partial charge in [0.15, 0.2) is 9.84 Å². The van der Waals surface area contributed by atoms with Crippen molar-refractivity contribution < 1.29 is 17.7 Å². The molecule has 0 amide bonds. The lowest BCUT2D eigenvalue weighted by Crippen LogP contribution is -2.06. The van der Waals surface area contributed by atoms with E-state index in [1.807, 2.05) is 6.07 Å². The van der Waals surface area contributed by atoms with Gasteiger partial charge in [-0.05, 0) is 30.3 Å². The normalized spacial score (nSPS) is 10.9. The molecule has 0 aliphatic carbocycles. The van der Waals surface area contributed by atoms with Gasteiger partial charge in [0, 0.05) is 30.1 Å². The summed E-state index contributed by atoms with van der Waals surface area (Å²) < 4.78 is 37.1. The number of nitriles is 1. The molecule has 7 nitrogen and oxygen atoms in total. The number of sulfone groups is 1. The lowest BCUT2D eigenvalue weighted by atomic mass is 10.1. The van der Waals surface area contributed by atoms with Gasteiger partial charge in [-0.25, -0.2) is 12.8 Å². The molecule has 0 saturated carbocycles. The molecule has 0 saturated heterocycles. The summed E-state index contributed by atoms with van der Waals surface area (Å²) in [6, 6.07) is 9.29. The summed E-state index contributed by atoms with van der Waals surface area (Å²) in [6.07, 6.45) is 0.870. The van der Waals surface area contributed by atoms with E-state index in [0.29, 0.717) is 0 Å². The molecule has 2 rings (SSSR count). The first-order chi connectivity index (χ1) is 11.2. The number of nitrogens with one attached hydrogen (secondary N) is 1. The summed E-state index contributed by atoms with van der Waals surface area (Å²) in [5.74, 6) is -0.522. The van der Waals surface area contributed by atoms with Crippen molar-refractivity contribution in [1.29, 1.82) is 5.26 Å². The van der Waals surface area contributed by atoms with Crippen molar-refractivity contribution in [1.82, 2.24) is 0 Å². The molecular formula is C15H12FN3O4S. The van der Waals surface area contributed by atoms with Gasteiger partial charge in [-0.3, -0.25) is 10.1 Å². The van der Waals surface area contributed by atoms with Crippen LogP contribution >= 0.6 is 0 Å². The maximum Gasteiger partial charge on any atom is 0.288 e. The molecule has 0 aliphatic rings. The van der Waals surface area contributed by atoms with Gasteiger partial charge in [-0.15, -0.1) is 0 Å². The highest BCUT2D eigenvalue weighted by molar-refractivity contribution is 7.90. The molecule has 0 atom stereocenters. The maximum absolute atomic E-state index is 13.7. The van der Waals surface area contributed by atoms with E-state index in [9.17, 15) is 22.9 Å². The van der Waals surface area contributed by atoms with Crippen molar-refractivity contribution in [2.45, 2.75) is 11.4 Å². The van der Waals surface area contributed by atoms with E-state index < -0.39 is 31.2 Å². The van der Waals surface area contributed by atoms with Crippen LogP contribution < -0.4 is 5.32 Å². The number of nitro benzene ring substituents is 1. The van der Waals surface area contributed by atoms with E-state index in [2.05, 4.69) is 5.32 Å². The number of nitrogens with zero attached hydrogens (tertiary/aromatic N) is 2. The number of hydrogen-bond donors (Lipinski definition) is 1. The van der Waals surface area contributed by atoms with Crippen molar-refractivity contribution >= 4 is 21.2 Å². The Kier molecular flexibility index (Phi) is 4.80. The summed E-state index contributed by atoms with van der Waals surface area (Å²) in [5, 5.41) is 22.5. The minimum absolute atomic E-state index is 0.0115. The second kappa shape index (κ2) is 6.64. The van der Waals surface area contributed by atoms with Crippen LogP contribution in [-0.2, 0) is 16.4 Å². The van der Waals surface area contributed by atoms with Gasteiger partial charge >= 0.3 is 0 Å². The standard InChI is InChI=1S/C15H12FN3O4S/c1-24(22,23)15-7-12(3-5-14(15)19(20)21)18-9-11-6-10(8-17)2-4-13(11)16/h2-7,18H,9H2,1H3. The third-order valence-electron chi connectivity index (χ3n) is 3.21. The van der Waals surface area contributed by atoms with E-state index in [-0.39, 0.29) is 23.4 Å². The molecule has 1 N–H and O–H groups in total. The molecule has 0 heterocycles. The van der Waals surface area contributed by atoms with Crippen LogP contribution in [0.5, 0.6) is 0 Å². The molecule has 9 heteroatoms. The summed E-state index contributed by atoms with van der Waals surface area (Å²) in [7, 11) is -3.80. The van der Waals surface area contributed by atoms with Crippen molar-refractivity contribution in [3.8, 4) is 6.07 Å². The summed E-state index contributed by atoms with van der Waals surface area (Å²) >= 11 is 0. The van der Waals surface area contributed by atoms with E-state index >= 15 is 0 Å². The molecular weight excluding hydrogens is 337 g/mol. The molecule has 24 heavy (non-hydrogen) atoms. The fourth-order valence-electron chi connectivity index (χ4n) is 2.05. The zero-order valence-electron chi connectivity index (χ0n) is 12.5. The maximum atomic E-state index is 13.7. The van der Waals surface area contributed by atoms with Gasteiger partial charge in [0.25, 0.3) is 5.69 Å². The lowest BCUT2D eigenvalue weighted by Gasteiger charge is -2.09. The Labute approximate surface area is 137 Å². The average Bonchev–Trinajstić information content (AvgIpc) is 2.53. The minimum Gasteiger partial charge on any atom is -0.381 e. The summed E-state index contributed by atoms with van der Waals surface area (Å²) in [4.78, 5) is 9.71. The first kappa shape index (κ1) is 17.4. The number of hydrogen-bond acceptors (Lipinski definition) is 6. The Morgan fingerprint density at radius 2 is 2.00 bits per heavy atom. The second-order valence-electron chi connectivity index (χ2n) is 4.98. The fourth-order valence-corrected chi connectivity index (χ4v) is 2.91. The topological polar surface area (TPSA) is 113 Å². The third kappa shape index (κ3) is 3.85. The SMILES string of the molecule is CS(=O)(=O)c1cc(NCc2cc(C#N)ccc2F)ccc1[N+](=O)[O-]. The van der Waals surface area contributed by atoms with E-state index in [0.717, 1.165) is 24.5 Å².